The van der Waals surface area contributed by atoms with Crippen LogP contribution in [0.25, 0.3) is 0 Å². The number of carbonyl (C=O) groups is 2. The first kappa shape index (κ1) is 39.0. The van der Waals surface area contributed by atoms with E-state index in [0.717, 1.165) is 30.4 Å². The summed E-state index contributed by atoms with van der Waals surface area (Å²) >= 11 is 0. The Labute approximate surface area is 305 Å². The van der Waals surface area contributed by atoms with Gasteiger partial charge in [-0.15, -0.1) is 0 Å². The van der Waals surface area contributed by atoms with Crippen LogP contribution in [0, 0.1) is 5.92 Å². The van der Waals surface area contributed by atoms with Crippen LogP contribution in [0.15, 0.2) is 60.7 Å². The summed E-state index contributed by atoms with van der Waals surface area (Å²) in [7, 11) is 0. The average molecular weight is 708 g/mol. The van der Waals surface area contributed by atoms with Gasteiger partial charge >= 0.3 is 12.2 Å². The largest absolute Gasteiger partial charge is 0.449 e. The fourth-order valence-corrected chi connectivity index (χ4v) is 8.59. The Morgan fingerprint density at radius 2 is 1.29 bits per heavy atom. The van der Waals surface area contributed by atoms with Gasteiger partial charge in [0.2, 0.25) is 0 Å². The van der Waals surface area contributed by atoms with E-state index >= 15 is 0 Å². The number of nitrogens with zero attached hydrogens (tertiary/aromatic N) is 3. The Bertz CT molecular complexity index is 1410. The number of ether oxygens (including phenoxy) is 4. The molecule has 2 aliphatic heterocycles. The predicted octanol–water partition coefficient (Wildman–Crippen LogP) is 7.72. The lowest BCUT2D eigenvalue weighted by Crippen LogP contribution is -2.63. The van der Waals surface area contributed by atoms with E-state index in [-0.39, 0.29) is 12.5 Å². The van der Waals surface area contributed by atoms with Gasteiger partial charge in [0.25, 0.3) is 0 Å². The van der Waals surface area contributed by atoms with Crippen molar-refractivity contribution >= 4 is 12.2 Å². The van der Waals surface area contributed by atoms with Crippen molar-refractivity contribution in [3.63, 3.8) is 0 Å². The van der Waals surface area contributed by atoms with Gasteiger partial charge in [0, 0.05) is 19.5 Å². The molecule has 1 saturated carbocycles. The van der Waals surface area contributed by atoms with Crippen LogP contribution in [-0.4, -0.2) is 92.1 Å². The standard InChI is InChI=1S/C41H61N3O7/c1-30-18-16-17-24-41(30,47)34(51-36(46)44-38(4,5)29-50-40(44,8)9)33(23-25-48-35(45)43-37(2,3)28-49-39(43,6)7)42(26-31-19-12-10-13-20-31)27-32-21-14-11-15-22-32/h10-15,19-22,30,33-34,47H,16-18,23-29H2,1-9H3/t30-,33+,34-,41+/m1/s1. The van der Waals surface area contributed by atoms with E-state index in [2.05, 4.69) is 36.1 Å². The minimum absolute atomic E-state index is 0.0502. The smallest absolute Gasteiger partial charge is 0.413 e. The van der Waals surface area contributed by atoms with E-state index in [0.29, 0.717) is 39.1 Å². The summed E-state index contributed by atoms with van der Waals surface area (Å²) < 4.78 is 24.8. The van der Waals surface area contributed by atoms with Crippen LogP contribution in [0.1, 0.15) is 106 Å². The molecule has 2 aromatic carbocycles. The summed E-state index contributed by atoms with van der Waals surface area (Å²) in [5.41, 5.74) is -2.06. The molecule has 10 heteroatoms. The lowest BCUT2D eigenvalue weighted by atomic mass is 9.70. The molecule has 1 N–H and O–H groups in total. The molecule has 282 valence electrons. The Morgan fingerprint density at radius 1 is 0.804 bits per heavy atom. The normalized spacial score (nSPS) is 26.1. The van der Waals surface area contributed by atoms with Gasteiger partial charge in [0.1, 0.15) is 23.2 Å². The third-order valence-corrected chi connectivity index (χ3v) is 11.2. The van der Waals surface area contributed by atoms with Crippen LogP contribution in [0.4, 0.5) is 9.59 Å². The molecule has 4 atom stereocenters. The summed E-state index contributed by atoms with van der Waals surface area (Å²) in [5, 5.41) is 12.8. The summed E-state index contributed by atoms with van der Waals surface area (Å²) in [4.78, 5) is 33.9. The highest BCUT2D eigenvalue weighted by Crippen LogP contribution is 2.43. The van der Waals surface area contributed by atoms with E-state index in [1.807, 2.05) is 91.8 Å². The zero-order chi connectivity index (χ0) is 37.2. The van der Waals surface area contributed by atoms with Gasteiger partial charge in [-0.05, 0) is 85.3 Å². The summed E-state index contributed by atoms with van der Waals surface area (Å²) in [6, 6.07) is 19.8. The molecule has 2 saturated heterocycles. The third-order valence-electron chi connectivity index (χ3n) is 11.2. The highest BCUT2D eigenvalue weighted by atomic mass is 16.6. The molecule has 0 bridgehead atoms. The molecule has 0 radical (unpaired) electrons. The van der Waals surface area contributed by atoms with Crippen molar-refractivity contribution in [2.24, 2.45) is 5.92 Å². The van der Waals surface area contributed by atoms with Crippen molar-refractivity contribution < 1.29 is 33.6 Å². The molecule has 51 heavy (non-hydrogen) atoms. The quantitative estimate of drug-likeness (QED) is 0.254. The van der Waals surface area contributed by atoms with E-state index in [1.165, 1.54) is 0 Å². The minimum Gasteiger partial charge on any atom is -0.449 e. The molecule has 5 rings (SSSR count). The van der Waals surface area contributed by atoms with E-state index < -0.39 is 52.5 Å². The zero-order valence-corrected chi connectivity index (χ0v) is 32.3. The molecule has 0 spiro atoms. The minimum atomic E-state index is -1.32. The van der Waals surface area contributed by atoms with Crippen LogP contribution >= 0.6 is 0 Å². The molecule has 10 nitrogen and oxygen atoms in total. The molecule has 3 aliphatic rings. The molecule has 0 unspecified atom stereocenters. The van der Waals surface area contributed by atoms with Gasteiger partial charge in [-0.2, -0.15) is 0 Å². The number of benzene rings is 2. The number of amides is 2. The number of aliphatic hydroxyl groups is 1. The zero-order valence-electron chi connectivity index (χ0n) is 32.3. The van der Waals surface area contributed by atoms with Crippen LogP contribution in [-0.2, 0) is 32.0 Å². The van der Waals surface area contributed by atoms with E-state index in [9.17, 15) is 14.7 Å². The first-order chi connectivity index (χ1) is 23.9. The highest BCUT2D eigenvalue weighted by molar-refractivity contribution is 5.71. The molecule has 3 fully saturated rings. The Balaban J connectivity index is 1.56. The van der Waals surface area contributed by atoms with Crippen molar-refractivity contribution in [2.45, 2.75) is 148 Å². The van der Waals surface area contributed by atoms with Crippen LogP contribution in [0.2, 0.25) is 0 Å². The molecule has 2 heterocycles. The first-order valence-corrected chi connectivity index (χ1v) is 18.7. The topological polar surface area (TPSA) is 101 Å². The maximum Gasteiger partial charge on any atom is 0.413 e. The molecular formula is C41H61N3O7. The van der Waals surface area contributed by atoms with Crippen molar-refractivity contribution in [1.29, 1.82) is 0 Å². The second-order valence-corrected chi connectivity index (χ2v) is 17.1. The Morgan fingerprint density at radius 3 is 1.75 bits per heavy atom. The van der Waals surface area contributed by atoms with Gasteiger partial charge < -0.3 is 24.1 Å². The summed E-state index contributed by atoms with van der Waals surface area (Å²) in [6.45, 7) is 19.3. The van der Waals surface area contributed by atoms with Crippen molar-refractivity contribution in [3.8, 4) is 0 Å². The highest BCUT2D eigenvalue weighted by Gasteiger charge is 2.55. The summed E-state index contributed by atoms with van der Waals surface area (Å²) in [6.07, 6.45) is 1.49. The van der Waals surface area contributed by atoms with Crippen LogP contribution in [0.3, 0.4) is 0 Å². The van der Waals surface area contributed by atoms with Crippen LogP contribution < -0.4 is 0 Å². The number of rotatable bonds is 11. The average Bonchev–Trinajstić information content (AvgIpc) is 3.43. The van der Waals surface area contributed by atoms with Crippen LogP contribution in [0.5, 0.6) is 0 Å². The molecule has 2 aromatic rings. The van der Waals surface area contributed by atoms with Gasteiger partial charge in [-0.1, -0.05) is 80.4 Å². The van der Waals surface area contributed by atoms with Gasteiger partial charge in [-0.25, -0.2) is 9.59 Å². The summed E-state index contributed by atoms with van der Waals surface area (Å²) in [5.74, 6) is -0.136. The first-order valence-electron chi connectivity index (χ1n) is 18.7. The number of hydrogen-bond acceptors (Lipinski definition) is 8. The van der Waals surface area contributed by atoms with Gasteiger partial charge in [0.05, 0.1) is 36.9 Å². The van der Waals surface area contributed by atoms with E-state index in [1.54, 1.807) is 9.80 Å². The Hall–Kier alpha value is -3.18. The lowest BCUT2D eigenvalue weighted by Gasteiger charge is -2.49. The third kappa shape index (κ3) is 8.56. The van der Waals surface area contributed by atoms with Crippen molar-refractivity contribution in [1.82, 2.24) is 14.7 Å². The molecule has 2 amide bonds. The SMILES string of the molecule is C[C@@H]1CCCC[C@@]1(O)[C@H](OC(=O)N1C(C)(C)COC1(C)C)[C@H](CCOC(=O)N1C(C)(C)COC1(C)C)N(Cc1ccccc1)Cc1ccccc1. The number of carbonyl (C=O) groups excluding carboxylic acids is 2. The second-order valence-electron chi connectivity index (χ2n) is 17.1. The van der Waals surface area contributed by atoms with E-state index in [4.69, 9.17) is 18.9 Å². The predicted molar refractivity (Wildman–Crippen MR) is 197 cm³/mol. The molecule has 0 aromatic heterocycles. The maximum atomic E-state index is 14.5. The molecule has 1 aliphatic carbocycles. The monoisotopic (exact) mass is 707 g/mol. The van der Waals surface area contributed by atoms with Gasteiger partial charge in [-0.3, -0.25) is 14.7 Å². The lowest BCUT2D eigenvalue weighted by molar-refractivity contribution is -0.169. The van der Waals surface area contributed by atoms with Crippen molar-refractivity contribution in [3.05, 3.63) is 71.8 Å². The Kier molecular flexibility index (Phi) is 11.5. The molecular weight excluding hydrogens is 646 g/mol. The van der Waals surface area contributed by atoms with Gasteiger partial charge in [0.15, 0.2) is 0 Å². The second kappa shape index (κ2) is 15.0. The fraction of sp³-hybridized carbons (Fsp3) is 0.659. The fourth-order valence-electron chi connectivity index (χ4n) is 8.59. The maximum absolute atomic E-state index is 14.5. The number of hydrogen-bond donors (Lipinski definition) is 1. The van der Waals surface area contributed by atoms with Crippen molar-refractivity contribution in [2.75, 3.05) is 19.8 Å².